The minimum Gasteiger partial charge on any atom is -0.454 e. The van der Waals surface area contributed by atoms with Crippen molar-refractivity contribution in [3.8, 4) is 0 Å². The molecule has 2 aromatic heterocycles. The van der Waals surface area contributed by atoms with Crippen LogP contribution in [-0.2, 0) is 36.8 Å². The van der Waals surface area contributed by atoms with Gasteiger partial charge in [-0.25, -0.2) is 9.59 Å². The molecule has 42 heavy (non-hydrogen) atoms. The van der Waals surface area contributed by atoms with E-state index in [1.54, 1.807) is 30.5 Å². The number of benzene rings is 2. The molecule has 1 atom stereocenters. The number of carbonyl (C=O) groups excluding carboxylic acids is 3. The summed E-state index contributed by atoms with van der Waals surface area (Å²) >= 11 is 0. The van der Waals surface area contributed by atoms with Crippen LogP contribution in [0.2, 0.25) is 0 Å². The van der Waals surface area contributed by atoms with Gasteiger partial charge in [0.05, 0.1) is 13.2 Å². The number of esters is 1. The van der Waals surface area contributed by atoms with Crippen molar-refractivity contribution in [2.45, 2.75) is 25.9 Å². The molecule has 0 radical (unpaired) electrons. The number of ether oxygens (including phenoxy) is 2. The van der Waals surface area contributed by atoms with Gasteiger partial charge in [-0.05, 0) is 17.2 Å². The maximum Gasteiger partial charge on any atom is 0.330 e. The number of H-pyrrole nitrogens is 2. The fourth-order valence-electron chi connectivity index (χ4n) is 4.58. The van der Waals surface area contributed by atoms with Crippen LogP contribution in [0.1, 0.15) is 18.1 Å². The molecule has 4 aromatic rings. The summed E-state index contributed by atoms with van der Waals surface area (Å²) in [7, 11) is 1.41. The minimum absolute atomic E-state index is 0.0193. The molecular formula is C29H32N6O7. The van der Waals surface area contributed by atoms with E-state index in [4.69, 9.17) is 15.2 Å². The van der Waals surface area contributed by atoms with Crippen LogP contribution < -0.4 is 27.2 Å². The van der Waals surface area contributed by atoms with Crippen LogP contribution in [0.15, 0.2) is 70.4 Å². The van der Waals surface area contributed by atoms with E-state index in [1.807, 2.05) is 30.3 Å². The summed E-state index contributed by atoms with van der Waals surface area (Å²) in [6, 6.07) is 15.4. The largest absolute Gasteiger partial charge is 0.454 e. The lowest BCUT2D eigenvalue weighted by Crippen LogP contribution is -2.46. The van der Waals surface area contributed by atoms with E-state index in [0.717, 1.165) is 31.5 Å². The molecule has 5 N–H and O–H groups in total. The van der Waals surface area contributed by atoms with Crippen LogP contribution in [0.3, 0.4) is 0 Å². The average molecular weight is 577 g/mol. The number of anilines is 2. The fraction of sp³-hybridized carbons (Fsp3) is 0.276. The molecule has 13 nitrogen and oxygen atoms in total. The molecule has 2 heterocycles. The number of aromatic nitrogens is 3. The van der Waals surface area contributed by atoms with Gasteiger partial charge in [0.15, 0.2) is 12.3 Å². The molecule has 1 unspecified atom stereocenters. The van der Waals surface area contributed by atoms with E-state index < -0.39 is 41.7 Å². The molecule has 2 aromatic carbocycles. The predicted octanol–water partition coefficient (Wildman–Crippen LogP) is 0.918. The van der Waals surface area contributed by atoms with E-state index in [1.165, 1.54) is 14.0 Å². The summed E-state index contributed by atoms with van der Waals surface area (Å²) in [6.45, 7) is 0.457. The predicted molar refractivity (Wildman–Crippen MR) is 156 cm³/mol. The van der Waals surface area contributed by atoms with Crippen molar-refractivity contribution in [1.29, 1.82) is 0 Å². The Kier molecular flexibility index (Phi) is 9.55. The third-order valence-corrected chi connectivity index (χ3v) is 6.59. The Labute approximate surface area is 240 Å². The first-order valence-electron chi connectivity index (χ1n) is 13.1. The van der Waals surface area contributed by atoms with Crippen LogP contribution >= 0.6 is 0 Å². The minimum atomic E-state index is -1.08. The Hall–Kier alpha value is -5.17. The molecule has 0 fully saturated rings. The van der Waals surface area contributed by atoms with E-state index in [-0.39, 0.29) is 37.6 Å². The number of fused-ring (bicyclic) bond motifs is 1. The van der Waals surface area contributed by atoms with Crippen molar-refractivity contribution in [2.24, 2.45) is 0 Å². The summed E-state index contributed by atoms with van der Waals surface area (Å²) in [5.41, 5.74) is 6.75. The van der Waals surface area contributed by atoms with Gasteiger partial charge in [0.25, 0.3) is 11.5 Å². The zero-order chi connectivity index (χ0) is 30.2. The van der Waals surface area contributed by atoms with Crippen LogP contribution in [0.25, 0.3) is 10.9 Å². The van der Waals surface area contributed by atoms with Crippen molar-refractivity contribution in [3.63, 3.8) is 0 Å². The topological polar surface area (TPSA) is 182 Å². The first-order valence-corrected chi connectivity index (χ1v) is 13.1. The maximum atomic E-state index is 13.4. The van der Waals surface area contributed by atoms with E-state index in [0.29, 0.717) is 0 Å². The second-order valence-corrected chi connectivity index (χ2v) is 9.53. The lowest BCUT2D eigenvalue weighted by atomic mass is 10.0. The quantitative estimate of drug-likeness (QED) is 0.180. The molecule has 0 aliphatic heterocycles. The number of nitrogens with one attached hydrogen (secondary N) is 3. The van der Waals surface area contributed by atoms with E-state index in [9.17, 15) is 24.0 Å². The maximum absolute atomic E-state index is 13.4. The molecule has 4 rings (SSSR count). The van der Waals surface area contributed by atoms with Gasteiger partial charge < -0.3 is 25.5 Å². The number of rotatable bonds is 12. The molecule has 0 aliphatic carbocycles. The number of para-hydroxylation sites is 1. The highest BCUT2D eigenvalue weighted by Gasteiger charge is 2.28. The number of hydrogen-bond donors (Lipinski definition) is 4. The van der Waals surface area contributed by atoms with Gasteiger partial charge in [0.1, 0.15) is 11.9 Å². The number of nitrogens with two attached hydrogens (primary N) is 1. The number of aromatic amines is 2. The van der Waals surface area contributed by atoms with Gasteiger partial charge in [-0.2, -0.15) is 0 Å². The van der Waals surface area contributed by atoms with E-state index in [2.05, 4.69) is 15.3 Å². The van der Waals surface area contributed by atoms with Gasteiger partial charge in [0.2, 0.25) is 5.91 Å². The third kappa shape index (κ3) is 6.93. The van der Waals surface area contributed by atoms with Crippen molar-refractivity contribution in [1.82, 2.24) is 19.9 Å². The number of amides is 2. The first kappa shape index (κ1) is 29.8. The molecule has 2 amide bonds. The highest BCUT2D eigenvalue weighted by molar-refractivity contribution is 5.97. The molecule has 0 aliphatic rings. The van der Waals surface area contributed by atoms with E-state index >= 15 is 0 Å². The normalized spacial score (nSPS) is 11.7. The Bertz CT molecular complexity index is 1690. The molecule has 0 saturated carbocycles. The Balaban J connectivity index is 1.56. The second-order valence-electron chi connectivity index (χ2n) is 9.53. The molecule has 0 spiro atoms. The molecule has 220 valence electrons. The second kappa shape index (κ2) is 13.5. The summed E-state index contributed by atoms with van der Waals surface area (Å²) < 4.78 is 11.6. The highest BCUT2D eigenvalue weighted by atomic mass is 16.5. The summed E-state index contributed by atoms with van der Waals surface area (Å²) in [6.07, 6.45) is 1.85. The van der Waals surface area contributed by atoms with Crippen LogP contribution in [0.5, 0.6) is 0 Å². The first-order chi connectivity index (χ1) is 20.2. The van der Waals surface area contributed by atoms with Gasteiger partial charge in [-0.3, -0.25) is 28.8 Å². The summed E-state index contributed by atoms with van der Waals surface area (Å²) in [5, 5.41) is 3.45. The van der Waals surface area contributed by atoms with Crippen LogP contribution in [0.4, 0.5) is 11.5 Å². The number of nitrogen functional groups attached to an aromatic ring is 1. The van der Waals surface area contributed by atoms with Gasteiger partial charge in [0, 0.05) is 44.1 Å². The molecular weight excluding hydrogens is 544 g/mol. The van der Waals surface area contributed by atoms with Gasteiger partial charge >= 0.3 is 11.7 Å². The Morgan fingerprint density at radius 2 is 1.79 bits per heavy atom. The molecule has 13 heteroatoms. The monoisotopic (exact) mass is 576 g/mol. The van der Waals surface area contributed by atoms with Crippen molar-refractivity contribution in [2.75, 3.05) is 37.5 Å². The fourth-order valence-corrected chi connectivity index (χ4v) is 4.58. The standard InChI is InChI=1S/C29H32N6O7/c1-18(36)32-23(14-20-15-31-22-11-7-6-10-21(20)22)28(39)42-17-24(37)34(12-13-41-2)25-26(30)35(29(40)33-27(25)38)16-19-8-4-3-5-9-19/h3-11,15,23,31H,12-14,16-17,30H2,1-2H3,(H,32,36)(H,33,38,40). The SMILES string of the molecule is COCCN(C(=O)COC(=O)C(Cc1c[nH]c2ccccc12)NC(C)=O)c1c(N)n(Cc2ccccc2)c(=O)[nH]c1=O. The number of methoxy groups -OCH3 is 1. The smallest absolute Gasteiger partial charge is 0.330 e. The molecule has 0 saturated heterocycles. The summed E-state index contributed by atoms with van der Waals surface area (Å²) in [4.78, 5) is 70.1. The zero-order valence-electron chi connectivity index (χ0n) is 23.2. The van der Waals surface area contributed by atoms with Gasteiger partial charge in [-0.1, -0.05) is 48.5 Å². The Morgan fingerprint density at radius 3 is 2.50 bits per heavy atom. The number of carbonyl (C=O) groups is 3. The van der Waals surface area contributed by atoms with Crippen molar-refractivity contribution >= 4 is 40.2 Å². The van der Waals surface area contributed by atoms with Crippen LogP contribution in [0, 0.1) is 0 Å². The third-order valence-electron chi connectivity index (χ3n) is 6.59. The van der Waals surface area contributed by atoms with Crippen molar-refractivity contribution < 1.29 is 23.9 Å². The number of hydrogen-bond acceptors (Lipinski definition) is 8. The summed E-state index contributed by atoms with van der Waals surface area (Å²) in [5.74, 6) is -2.31. The van der Waals surface area contributed by atoms with Crippen molar-refractivity contribution in [3.05, 3.63) is 92.8 Å². The Morgan fingerprint density at radius 1 is 1.07 bits per heavy atom. The van der Waals surface area contributed by atoms with Crippen LogP contribution in [-0.4, -0.2) is 65.2 Å². The number of nitrogens with zero attached hydrogens (tertiary/aromatic N) is 2. The lowest BCUT2D eigenvalue weighted by molar-refractivity contribution is -0.151. The zero-order valence-corrected chi connectivity index (χ0v) is 23.2. The molecule has 0 bridgehead atoms. The average Bonchev–Trinajstić information content (AvgIpc) is 3.38. The lowest BCUT2D eigenvalue weighted by Gasteiger charge is -2.24. The highest BCUT2D eigenvalue weighted by Crippen LogP contribution is 2.20. The van der Waals surface area contributed by atoms with Gasteiger partial charge in [-0.15, -0.1) is 0 Å².